The Balaban J connectivity index is 4.78. The van der Waals surface area contributed by atoms with Crippen LogP contribution < -0.4 is 5.32 Å². The Morgan fingerprint density at radius 3 is 1.33 bits per heavy atom. The summed E-state index contributed by atoms with van der Waals surface area (Å²) in [6.45, 7) is 6.41. The molecule has 3 N–H and O–H groups in total. The molecule has 0 bridgehead atoms. The Hall–Kier alpha value is -2.70. The van der Waals surface area contributed by atoms with Crippen LogP contribution in [0.25, 0.3) is 0 Å². The van der Waals surface area contributed by atoms with Gasteiger partial charge in [0.05, 0.1) is 25.2 Å². The Kier molecular flexibility index (Phi) is 46.2. The van der Waals surface area contributed by atoms with E-state index in [9.17, 15) is 19.8 Å². The van der Waals surface area contributed by atoms with Gasteiger partial charge < -0.3 is 20.3 Å². The maximum Gasteiger partial charge on any atom is 0.306 e. The molecule has 61 heavy (non-hydrogen) atoms. The van der Waals surface area contributed by atoms with Crippen molar-refractivity contribution in [3.63, 3.8) is 0 Å². The summed E-state index contributed by atoms with van der Waals surface area (Å²) >= 11 is 0. The molecule has 6 heteroatoms. The van der Waals surface area contributed by atoms with Crippen LogP contribution in [0.1, 0.15) is 239 Å². The molecule has 0 heterocycles. The van der Waals surface area contributed by atoms with E-state index in [-0.39, 0.29) is 31.3 Å². The number of hydrogen-bond donors (Lipinski definition) is 3. The van der Waals surface area contributed by atoms with Gasteiger partial charge in [0.1, 0.15) is 6.10 Å². The highest BCUT2D eigenvalue weighted by atomic mass is 16.5. The predicted octanol–water partition coefficient (Wildman–Crippen LogP) is 15.4. The lowest BCUT2D eigenvalue weighted by Crippen LogP contribution is -2.46. The molecule has 0 saturated heterocycles. The minimum absolute atomic E-state index is 0.0153. The highest BCUT2D eigenvalue weighted by Gasteiger charge is 2.23. The summed E-state index contributed by atoms with van der Waals surface area (Å²) < 4.78 is 5.86. The number of ether oxygens (including phenoxy) is 1. The molecule has 3 unspecified atom stereocenters. The number of allylic oxidation sites excluding steroid dienone is 12. The van der Waals surface area contributed by atoms with Crippen LogP contribution in [-0.2, 0) is 14.3 Å². The highest BCUT2D eigenvalue weighted by molar-refractivity contribution is 5.77. The maximum absolute atomic E-state index is 13.2. The first kappa shape index (κ1) is 58.3. The molecule has 3 atom stereocenters. The largest absolute Gasteiger partial charge is 0.462 e. The van der Waals surface area contributed by atoms with E-state index in [1.54, 1.807) is 0 Å². The van der Waals surface area contributed by atoms with Crippen molar-refractivity contribution in [3.05, 3.63) is 72.9 Å². The first-order chi connectivity index (χ1) is 30.0. The number of esters is 1. The second kappa shape index (κ2) is 48.3. The van der Waals surface area contributed by atoms with Gasteiger partial charge in [0.15, 0.2) is 0 Å². The zero-order valence-electron chi connectivity index (χ0n) is 40.0. The number of carbonyl (C=O) groups excluding carboxylic acids is 2. The van der Waals surface area contributed by atoms with Gasteiger partial charge in [-0.25, -0.2) is 0 Å². The number of amides is 1. The molecular weight excluding hydrogens is 755 g/mol. The molecule has 0 fully saturated rings. The van der Waals surface area contributed by atoms with E-state index in [4.69, 9.17) is 4.74 Å². The first-order valence-corrected chi connectivity index (χ1v) is 25.7. The van der Waals surface area contributed by atoms with E-state index in [1.165, 1.54) is 122 Å². The fraction of sp³-hybridized carbons (Fsp3) is 0.745. The van der Waals surface area contributed by atoms with Crippen LogP contribution in [-0.4, -0.2) is 46.9 Å². The molecule has 352 valence electrons. The molecule has 0 aliphatic carbocycles. The van der Waals surface area contributed by atoms with E-state index < -0.39 is 18.2 Å². The number of aliphatic hydroxyl groups is 2. The van der Waals surface area contributed by atoms with Gasteiger partial charge in [-0.2, -0.15) is 0 Å². The molecule has 0 aromatic heterocycles. The second-order valence-corrected chi connectivity index (χ2v) is 17.2. The van der Waals surface area contributed by atoms with Gasteiger partial charge in [0.2, 0.25) is 5.91 Å². The van der Waals surface area contributed by atoms with Gasteiger partial charge in [-0.3, -0.25) is 9.59 Å². The van der Waals surface area contributed by atoms with Crippen LogP contribution in [0.5, 0.6) is 0 Å². The molecule has 0 aliphatic heterocycles. The summed E-state index contributed by atoms with van der Waals surface area (Å²) in [7, 11) is 0. The molecule has 1 amide bonds. The number of carbonyl (C=O) groups is 2. The minimum atomic E-state index is -0.812. The third-order valence-electron chi connectivity index (χ3n) is 11.3. The monoisotopic (exact) mass is 852 g/mol. The van der Waals surface area contributed by atoms with Crippen molar-refractivity contribution in [1.82, 2.24) is 5.32 Å². The fourth-order valence-electron chi connectivity index (χ4n) is 7.35. The zero-order chi connectivity index (χ0) is 44.5. The van der Waals surface area contributed by atoms with Crippen LogP contribution in [0.4, 0.5) is 0 Å². The van der Waals surface area contributed by atoms with E-state index in [0.29, 0.717) is 19.3 Å². The summed E-state index contributed by atoms with van der Waals surface area (Å²) in [4.78, 5) is 26.1. The van der Waals surface area contributed by atoms with Crippen molar-refractivity contribution in [2.24, 2.45) is 0 Å². The first-order valence-electron chi connectivity index (χ1n) is 25.7. The fourth-order valence-corrected chi connectivity index (χ4v) is 7.35. The van der Waals surface area contributed by atoms with E-state index >= 15 is 0 Å². The van der Waals surface area contributed by atoms with Crippen molar-refractivity contribution >= 4 is 11.9 Å². The smallest absolute Gasteiger partial charge is 0.306 e. The Morgan fingerprint density at radius 2 is 0.852 bits per heavy atom. The summed E-state index contributed by atoms with van der Waals surface area (Å²) in [5.74, 6) is -0.611. The van der Waals surface area contributed by atoms with Gasteiger partial charge in [-0.15, -0.1) is 0 Å². The molecule has 0 radical (unpaired) electrons. The number of unbranched alkanes of at least 4 members (excludes halogenated alkanes) is 21. The van der Waals surface area contributed by atoms with Crippen molar-refractivity contribution in [1.29, 1.82) is 0 Å². The van der Waals surface area contributed by atoms with Crippen LogP contribution in [0.3, 0.4) is 0 Å². The summed E-state index contributed by atoms with van der Waals surface area (Å²) in [6.07, 6.45) is 61.1. The van der Waals surface area contributed by atoms with E-state index in [1.807, 2.05) is 6.08 Å². The molecule has 6 nitrogen and oxygen atoms in total. The predicted molar refractivity (Wildman–Crippen MR) is 264 cm³/mol. The third-order valence-corrected chi connectivity index (χ3v) is 11.3. The van der Waals surface area contributed by atoms with Crippen LogP contribution in [0.2, 0.25) is 0 Å². The Bertz CT molecular complexity index is 1140. The Morgan fingerprint density at radius 1 is 0.475 bits per heavy atom. The number of hydrogen-bond acceptors (Lipinski definition) is 5. The molecule has 0 aromatic rings. The van der Waals surface area contributed by atoms with Crippen molar-refractivity contribution in [2.45, 2.75) is 257 Å². The van der Waals surface area contributed by atoms with Gasteiger partial charge in [-0.05, 0) is 83.5 Å². The highest BCUT2D eigenvalue weighted by Crippen LogP contribution is 2.16. The maximum atomic E-state index is 13.2. The normalized spacial score (nSPS) is 13.9. The lowest BCUT2D eigenvalue weighted by molar-refractivity contribution is -0.150. The van der Waals surface area contributed by atoms with Gasteiger partial charge in [0, 0.05) is 6.42 Å². The minimum Gasteiger partial charge on any atom is -0.462 e. The molecule has 0 saturated carbocycles. The summed E-state index contributed by atoms with van der Waals surface area (Å²) in [5, 5.41) is 23.7. The quantitative estimate of drug-likeness (QED) is 0.0322. The van der Waals surface area contributed by atoms with Gasteiger partial charge >= 0.3 is 5.97 Å². The lowest BCUT2D eigenvalue weighted by Gasteiger charge is -2.24. The number of rotatable bonds is 45. The van der Waals surface area contributed by atoms with Crippen molar-refractivity contribution < 1.29 is 24.5 Å². The average Bonchev–Trinajstić information content (AvgIpc) is 3.25. The summed E-state index contributed by atoms with van der Waals surface area (Å²) in [5.41, 5.74) is 0. The molecule has 0 spiro atoms. The summed E-state index contributed by atoms with van der Waals surface area (Å²) in [6, 6.07) is -0.731. The second-order valence-electron chi connectivity index (χ2n) is 17.2. The Labute approximate surface area is 377 Å². The van der Waals surface area contributed by atoms with E-state index in [2.05, 4.69) is 92.9 Å². The molecule has 0 aromatic carbocycles. The molecule has 0 rings (SSSR count). The van der Waals surface area contributed by atoms with Crippen molar-refractivity contribution in [3.8, 4) is 0 Å². The number of aliphatic hydroxyl groups excluding tert-OH is 2. The van der Waals surface area contributed by atoms with E-state index in [0.717, 1.165) is 64.2 Å². The standard InChI is InChI=1S/C55H97NO5/c1-4-7-10-13-16-19-22-25-26-27-28-30-31-34-37-40-43-46-51(61-55(60)48-45-42-39-36-33-29-23-20-17-14-11-8-5-2)49-54(59)56-52(50-57)53(58)47-44-41-38-35-32-24-21-18-15-12-9-6-3/h16,19,25-26,28-30,33-34,37,39,42,51-53,57-58H,4-15,17-18,20-24,27,31-32,35-36,38,40-41,43-50H2,1-3H3,(H,56,59)/b19-16-,26-25-,30-28-,33-29-,37-34-,42-39+. The van der Waals surface area contributed by atoms with Crippen LogP contribution >= 0.6 is 0 Å². The van der Waals surface area contributed by atoms with Crippen LogP contribution in [0.15, 0.2) is 72.9 Å². The zero-order valence-corrected chi connectivity index (χ0v) is 40.0. The average molecular weight is 852 g/mol. The third kappa shape index (κ3) is 43.7. The topological polar surface area (TPSA) is 95.9 Å². The van der Waals surface area contributed by atoms with Gasteiger partial charge in [0.25, 0.3) is 0 Å². The molecular formula is C55H97NO5. The SMILES string of the molecule is CCCCC/C=C\C/C=C\C/C=C\C/C=C\CCCC(CC(=O)NC(CO)C(O)CCCCCCCCCCCCCC)OC(=O)CC/C=C/C/C=C\CCCCCCCC. The lowest BCUT2D eigenvalue weighted by atomic mass is 10.0. The number of nitrogens with one attached hydrogen (secondary N) is 1. The molecule has 0 aliphatic rings. The van der Waals surface area contributed by atoms with Gasteiger partial charge in [-0.1, -0.05) is 216 Å². The van der Waals surface area contributed by atoms with Crippen molar-refractivity contribution in [2.75, 3.05) is 6.61 Å². The van der Waals surface area contributed by atoms with Crippen LogP contribution in [0, 0.1) is 0 Å².